The largest absolute Gasteiger partial charge is 0.458 e. The van der Waals surface area contributed by atoms with Gasteiger partial charge in [-0.25, -0.2) is 9.59 Å². The predicted octanol–water partition coefficient (Wildman–Crippen LogP) is 3.41. The fraction of sp³-hybridized carbons (Fsp3) is 0.467. The lowest BCUT2D eigenvalue weighted by Crippen LogP contribution is -2.49. The van der Waals surface area contributed by atoms with Crippen molar-refractivity contribution in [2.75, 3.05) is 0 Å². The van der Waals surface area contributed by atoms with Crippen LogP contribution in [0.15, 0.2) is 30.3 Å². The minimum atomic E-state index is -1.19. The normalized spacial score (nSPS) is 14.0. The molecular weight excluding hydrogens is 385 g/mol. The lowest BCUT2D eigenvalue weighted by Gasteiger charge is -2.25. The first-order chi connectivity index (χ1) is 9.60. The van der Waals surface area contributed by atoms with Crippen molar-refractivity contribution in [2.24, 2.45) is 0 Å². The Morgan fingerprint density at radius 3 is 2.24 bits per heavy atom. The third-order valence-electron chi connectivity index (χ3n) is 2.33. The van der Waals surface area contributed by atoms with Crippen LogP contribution >= 0.6 is 22.6 Å². The minimum absolute atomic E-state index is 0.161. The average molecular weight is 405 g/mol. The maximum atomic E-state index is 12.0. The molecule has 0 heterocycles. The Morgan fingerprint density at radius 2 is 1.71 bits per heavy atom. The van der Waals surface area contributed by atoms with Crippen LogP contribution < -0.4 is 5.32 Å². The van der Waals surface area contributed by atoms with Crippen LogP contribution in [0.4, 0.5) is 4.79 Å². The van der Waals surface area contributed by atoms with Gasteiger partial charge in [0.05, 0.1) is 0 Å². The zero-order valence-corrected chi connectivity index (χ0v) is 14.8. The Kier molecular flexibility index (Phi) is 6.00. The number of nitrogens with one attached hydrogen (secondary N) is 1. The topological polar surface area (TPSA) is 64.6 Å². The van der Waals surface area contributed by atoms with Crippen LogP contribution in [-0.4, -0.2) is 21.2 Å². The van der Waals surface area contributed by atoms with Crippen molar-refractivity contribution in [2.45, 2.75) is 43.4 Å². The quantitative estimate of drug-likeness (QED) is 0.361. The Hall–Kier alpha value is -1.31. The van der Waals surface area contributed by atoms with E-state index in [2.05, 4.69) is 5.32 Å². The molecule has 0 aliphatic carbocycles. The molecular formula is C15H20INO4. The first-order valence-electron chi connectivity index (χ1n) is 6.51. The van der Waals surface area contributed by atoms with Crippen molar-refractivity contribution in [1.29, 1.82) is 0 Å². The van der Waals surface area contributed by atoms with E-state index in [0.717, 1.165) is 5.56 Å². The Balaban J connectivity index is 2.53. The van der Waals surface area contributed by atoms with E-state index in [0.29, 0.717) is 0 Å². The molecule has 1 rings (SSSR count). The summed E-state index contributed by atoms with van der Waals surface area (Å²) in [6, 6.07) is 9.34. The molecule has 0 aliphatic heterocycles. The van der Waals surface area contributed by atoms with Gasteiger partial charge in [0.2, 0.25) is 0 Å². The minimum Gasteiger partial charge on any atom is -0.458 e. The molecule has 0 saturated carbocycles. The molecule has 21 heavy (non-hydrogen) atoms. The molecule has 0 unspecified atom stereocenters. The molecule has 0 fully saturated rings. The second kappa shape index (κ2) is 7.11. The lowest BCUT2D eigenvalue weighted by molar-refractivity contribution is -0.147. The number of ether oxygens (including phenoxy) is 2. The number of hydrogen-bond donors (Lipinski definition) is 1. The van der Waals surface area contributed by atoms with Crippen LogP contribution in [0.3, 0.4) is 0 Å². The van der Waals surface area contributed by atoms with Crippen molar-refractivity contribution < 1.29 is 19.1 Å². The lowest BCUT2D eigenvalue weighted by atomic mass is 10.2. The Morgan fingerprint density at radius 1 is 1.14 bits per heavy atom. The zero-order valence-electron chi connectivity index (χ0n) is 12.6. The van der Waals surface area contributed by atoms with Crippen LogP contribution in [0.2, 0.25) is 0 Å². The van der Waals surface area contributed by atoms with E-state index >= 15 is 0 Å². The highest BCUT2D eigenvalue weighted by molar-refractivity contribution is 14.1. The number of hydrogen-bond acceptors (Lipinski definition) is 4. The fourth-order valence-electron chi connectivity index (χ4n) is 1.40. The van der Waals surface area contributed by atoms with E-state index in [4.69, 9.17) is 9.47 Å². The molecule has 1 aromatic rings. The van der Waals surface area contributed by atoms with Crippen molar-refractivity contribution in [3.8, 4) is 0 Å². The van der Waals surface area contributed by atoms with Crippen LogP contribution in [0.1, 0.15) is 33.3 Å². The summed E-state index contributed by atoms with van der Waals surface area (Å²) in [4.78, 5) is 23.7. The van der Waals surface area contributed by atoms with Crippen LogP contribution in [0.25, 0.3) is 0 Å². The van der Waals surface area contributed by atoms with Gasteiger partial charge in [-0.2, -0.15) is 0 Å². The molecule has 1 aromatic carbocycles. The zero-order chi connectivity index (χ0) is 16.1. The summed E-state index contributed by atoms with van der Waals surface area (Å²) in [5, 5.41) is 2.50. The number of benzene rings is 1. The standard InChI is InChI=1S/C15H20INO4/c1-14(2,3)21-13(19)17-15(4,16)12(18)20-10-11-8-6-5-7-9-11/h5-9H,10H2,1-4H3,(H,17,19)/t15-/m0/s1. The molecule has 1 atom stereocenters. The van der Waals surface area contributed by atoms with Crippen LogP contribution in [-0.2, 0) is 20.9 Å². The van der Waals surface area contributed by atoms with E-state index in [9.17, 15) is 9.59 Å². The highest BCUT2D eigenvalue weighted by Gasteiger charge is 2.35. The average Bonchev–Trinajstić information content (AvgIpc) is 2.34. The monoisotopic (exact) mass is 405 g/mol. The number of alkyl carbamates (subject to hydrolysis) is 1. The molecule has 0 radical (unpaired) electrons. The van der Waals surface area contributed by atoms with Crippen LogP contribution in [0, 0.1) is 0 Å². The maximum absolute atomic E-state index is 12.0. The van der Waals surface area contributed by atoms with Gasteiger partial charge in [-0.1, -0.05) is 30.3 Å². The summed E-state index contributed by atoms with van der Waals surface area (Å²) in [5.41, 5.74) is 0.264. The van der Waals surface area contributed by atoms with Gasteiger partial charge in [-0.15, -0.1) is 0 Å². The molecule has 1 amide bonds. The van der Waals surface area contributed by atoms with Gasteiger partial charge in [0, 0.05) is 0 Å². The number of halogens is 1. The second-order valence-electron chi connectivity index (χ2n) is 5.69. The molecule has 116 valence electrons. The van der Waals surface area contributed by atoms with E-state index in [1.807, 2.05) is 52.9 Å². The summed E-state index contributed by atoms with van der Waals surface area (Å²) in [6.45, 7) is 6.99. The number of esters is 1. The SMILES string of the molecule is CC(C)(C)OC(=O)N[C@](C)(I)C(=O)OCc1ccccc1. The predicted molar refractivity (Wildman–Crippen MR) is 88.0 cm³/mol. The molecule has 6 heteroatoms. The Labute approximate surface area is 138 Å². The van der Waals surface area contributed by atoms with Crippen molar-refractivity contribution in [3.63, 3.8) is 0 Å². The summed E-state index contributed by atoms with van der Waals surface area (Å²) in [7, 11) is 0. The maximum Gasteiger partial charge on any atom is 0.409 e. The summed E-state index contributed by atoms with van der Waals surface area (Å²) >= 11 is 1.82. The molecule has 0 aliphatic rings. The van der Waals surface area contributed by atoms with E-state index in [1.54, 1.807) is 27.7 Å². The molecule has 0 spiro atoms. The van der Waals surface area contributed by atoms with Crippen molar-refractivity contribution >= 4 is 34.7 Å². The van der Waals surface area contributed by atoms with E-state index < -0.39 is 21.2 Å². The molecule has 0 aromatic heterocycles. The smallest absolute Gasteiger partial charge is 0.409 e. The number of amides is 1. The van der Waals surface area contributed by atoms with Gasteiger partial charge in [-0.3, -0.25) is 5.32 Å². The van der Waals surface area contributed by atoms with Crippen LogP contribution in [0.5, 0.6) is 0 Å². The molecule has 0 saturated heterocycles. The highest BCUT2D eigenvalue weighted by atomic mass is 127. The Bertz CT molecular complexity index is 494. The number of alkyl halides is 1. The third-order valence-corrected chi connectivity index (χ3v) is 3.04. The second-order valence-corrected chi connectivity index (χ2v) is 7.85. The first kappa shape index (κ1) is 17.7. The molecule has 1 N–H and O–H groups in total. The molecule has 5 nitrogen and oxygen atoms in total. The van der Waals surface area contributed by atoms with Gasteiger partial charge >= 0.3 is 12.1 Å². The number of rotatable bonds is 4. The molecule has 0 bridgehead atoms. The van der Waals surface area contributed by atoms with Gasteiger partial charge in [0.15, 0.2) is 3.55 Å². The van der Waals surface area contributed by atoms with Crippen molar-refractivity contribution in [1.82, 2.24) is 5.32 Å². The highest BCUT2D eigenvalue weighted by Crippen LogP contribution is 2.19. The van der Waals surface area contributed by atoms with Crippen molar-refractivity contribution in [3.05, 3.63) is 35.9 Å². The van der Waals surface area contributed by atoms with Gasteiger partial charge in [0.1, 0.15) is 12.2 Å². The summed E-state index contributed by atoms with van der Waals surface area (Å²) in [6.07, 6.45) is -0.656. The number of carbonyl (C=O) groups is 2. The fourth-order valence-corrected chi connectivity index (χ4v) is 1.78. The summed E-state index contributed by atoms with van der Waals surface area (Å²) < 4.78 is 9.15. The van der Waals surface area contributed by atoms with E-state index in [-0.39, 0.29) is 6.61 Å². The third kappa shape index (κ3) is 6.79. The first-order valence-corrected chi connectivity index (χ1v) is 7.59. The number of carbonyl (C=O) groups excluding carboxylic acids is 2. The van der Waals surface area contributed by atoms with Gasteiger partial charge in [0.25, 0.3) is 0 Å². The summed E-state index contributed by atoms with van der Waals surface area (Å²) in [5.74, 6) is -0.530. The van der Waals surface area contributed by atoms with Gasteiger partial charge < -0.3 is 9.47 Å². The van der Waals surface area contributed by atoms with Gasteiger partial charge in [-0.05, 0) is 55.8 Å². The van der Waals surface area contributed by atoms with E-state index in [1.165, 1.54) is 0 Å².